The van der Waals surface area contributed by atoms with Gasteiger partial charge in [-0.1, -0.05) is 28.7 Å². The number of nitrogens with zero attached hydrogens (tertiary/aromatic N) is 1. The SMILES string of the molecule is CC(=O)N(F)CCc1ccc(CO)cc1. The minimum atomic E-state index is -0.582. The van der Waals surface area contributed by atoms with Crippen LogP contribution in [0.15, 0.2) is 24.3 Å². The smallest absolute Gasteiger partial charge is 0.247 e. The van der Waals surface area contributed by atoms with E-state index in [4.69, 9.17) is 5.11 Å². The standard InChI is InChI=1S/C11H14FNO2/c1-9(15)13(12)7-6-10-2-4-11(8-14)5-3-10/h2-5,14H,6-8H2,1H3. The number of halogens is 1. The summed E-state index contributed by atoms with van der Waals surface area (Å²) in [5.74, 6) is -0.582. The zero-order chi connectivity index (χ0) is 11.3. The average molecular weight is 211 g/mol. The summed E-state index contributed by atoms with van der Waals surface area (Å²) in [6.07, 6.45) is 0.474. The van der Waals surface area contributed by atoms with Crippen molar-refractivity contribution in [1.82, 2.24) is 5.12 Å². The van der Waals surface area contributed by atoms with Gasteiger partial charge in [0.15, 0.2) is 0 Å². The summed E-state index contributed by atoms with van der Waals surface area (Å²) >= 11 is 0. The Kier molecular flexibility index (Phi) is 4.24. The first-order chi connectivity index (χ1) is 7.13. The molecule has 1 amide bonds. The van der Waals surface area contributed by atoms with Crippen molar-refractivity contribution < 1.29 is 14.4 Å². The Balaban J connectivity index is 2.47. The molecule has 1 N–H and O–H groups in total. The van der Waals surface area contributed by atoms with E-state index in [1.807, 2.05) is 12.1 Å². The molecule has 0 aromatic heterocycles. The number of aliphatic hydroxyl groups excluding tert-OH is 1. The maximum Gasteiger partial charge on any atom is 0.247 e. The lowest BCUT2D eigenvalue weighted by Crippen LogP contribution is -2.21. The van der Waals surface area contributed by atoms with E-state index in [9.17, 15) is 9.28 Å². The third-order valence-corrected chi connectivity index (χ3v) is 2.14. The van der Waals surface area contributed by atoms with Gasteiger partial charge < -0.3 is 5.11 Å². The van der Waals surface area contributed by atoms with Gasteiger partial charge in [-0.05, 0) is 17.5 Å². The highest BCUT2D eigenvalue weighted by atomic mass is 19.2. The molecule has 3 nitrogen and oxygen atoms in total. The normalized spacial score (nSPS) is 10.1. The second kappa shape index (κ2) is 5.46. The zero-order valence-electron chi connectivity index (χ0n) is 8.61. The lowest BCUT2D eigenvalue weighted by atomic mass is 10.1. The number of hydrogen-bond acceptors (Lipinski definition) is 2. The fourth-order valence-electron chi connectivity index (χ4n) is 1.20. The van der Waals surface area contributed by atoms with Gasteiger partial charge in [-0.25, -0.2) is 0 Å². The molecule has 0 radical (unpaired) electrons. The van der Waals surface area contributed by atoms with Crippen molar-refractivity contribution in [2.24, 2.45) is 0 Å². The minimum absolute atomic E-state index is 0.00294. The minimum Gasteiger partial charge on any atom is -0.392 e. The fraction of sp³-hybridized carbons (Fsp3) is 0.364. The van der Waals surface area contributed by atoms with Gasteiger partial charge in [0.2, 0.25) is 5.91 Å². The second-order valence-corrected chi connectivity index (χ2v) is 3.33. The summed E-state index contributed by atoms with van der Waals surface area (Å²) in [4.78, 5) is 10.6. The Morgan fingerprint density at radius 2 is 1.87 bits per heavy atom. The molecule has 0 saturated carbocycles. The quantitative estimate of drug-likeness (QED) is 0.766. The molecule has 4 heteroatoms. The van der Waals surface area contributed by atoms with Crippen LogP contribution in [0.3, 0.4) is 0 Å². The van der Waals surface area contributed by atoms with Crippen molar-refractivity contribution in [1.29, 1.82) is 0 Å². The Hall–Kier alpha value is -1.42. The summed E-state index contributed by atoms with van der Waals surface area (Å²) in [5.41, 5.74) is 1.76. The highest BCUT2D eigenvalue weighted by Crippen LogP contribution is 2.06. The van der Waals surface area contributed by atoms with E-state index in [0.29, 0.717) is 6.42 Å². The van der Waals surface area contributed by atoms with Crippen LogP contribution in [0.4, 0.5) is 4.48 Å². The molecule has 0 saturated heterocycles. The molecule has 15 heavy (non-hydrogen) atoms. The monoisotopic (exact) mass is 211 g/mol. The number of benzene rings is 1. The van der Waals surface area contributed by atoms with Crippen molar-refractivity contribution in [3.05, 3.63) is 35.4 Å². The van der Waals surface area contributed by atoms with Gasteiger partial charge in [-0.15, -0.1) is 0 Å². The third-order valence-electron chi connectivity index (χ3n) is 2.14. The molecule has 0 aliphatic carbocycles. The van der Waals surface area contributed by atoms with Crippen LogP contribution >= 0.6 is 0 Å². The van der Waals surface area contributed by atoms with E-state index in [1.54, 1.807) is 12.1 Å². The van der Waals surface area contributed by atoms with Crippen LogP contribution in [-0.2, 0) is 17.8 Å². The summed E-state index contributed by atoms with van der Waals surface area (Å²) in [6.45, 7) is 1.26. The van der Waals surface area contributed by atoms with Gasteiger partial charge in [-0.2, -0.15) is 5.12 Å². The van der Waals surface area contributed by atoms with Crippen LogP contribution < -0.4 is 0 Å². The summed E-state index contributed by atoms with van der Waals surface area (Å²) in [6, 6.07) is 7.20. The molecule has 82 valence electrons. The Bertz CT molecular complexity index is 324. The molecule has 0 spiro atoms. The highest BCUT2D eigenvalue weighted by molar-refractivity contribution is 5.71. The van der Waals surface area contributed by atoms with Crippen LogP contribution in [0.5, 0.6) is 0 Å². The Labute approximate surface area is 88.1 Å². The number of hydrogen-bond donors (Lipinski definition) is 1. The molecule has 0 aliphatic heterocycles. The van der Waals surface area contributed by atoms with E-state index in [1.165, 1.54) is 6.92 Å². The maximum absolute atomic E-state index is 12.8. The Morgan fingerprint density at radius 1 is 1.33 bits per heavy atom. The van der Waals surface area contributed by atoms with Crippen molar-refractivity contribution in [2.45, 2.75) is 20.0 Å². The van der Waals surface area contributed by atoms with E-state index in [2.05, 4.69) is 0 Å². The van der Waals surface area contributed by atoms with Crippen molar-refractivity contribution in [2.75, 3.05) is 6.54 Å². The number of carbonyl (C=O) groups is 1. The Morgan fingerprint density at radius 3 is 2.33 bits per heavy atom. The summed E-state index contributed by atoms with van der Waals surface area (Å²) < 4.78 is 12.8. The van der Waals surface area contributed by atoms with Gasteiger partial charge >= 0.3 is 0 Å². The van der Waals surface area contributed by atoms with Gasteiger partial charge in [0.05, 0.1) is 13.2 Å². The largest absolute Gasteiger partial charge is 0.392 e. The molecule has 0 bridgehead atoms. The number of carbonyl (C=O) groups excluding carboxylic acids is 1. The van der Waals surface area contributed by atoms with E-state index in [-0.39, 0.29) is 18.3 Å². The predicted octanol–water partition coefficient (Wildman–Crippen LogP) is 1.45. The number of amides is 1. The molecular weight excluding hydrogens is 197 g/mol. The van der Waals surface area contributed by atoms with Crippen LogP contribution in [0.1, 0.15) is 18.1 Å². The molecule has 0 atom stereocenters. The van der Waals surface area contributed by atoms with E-state index >= 15 is 0 Å². The van der Waals surface area contributed by atoms with Crippen LogP contribution in [0.2, 0.25) is 0 Å². The zero-order valence-corrected chi connectivity index (χ0v) is 8.61. The molecule has 1 aromatic carbocycles. The summed E-state index contributed by atoms with van der Waals surface area (Å²) in [7, 11) is 0. The van der Waals surface area contributed by atoms with Crippen molar-refractivity contribution >= 4 is 5.91 Å². The van der Waals surface area contributed by atoms with Crippen molar-refractivity contribution in [3.8, 4) is 0 Å². The van der Waals surface area contributed by atoms with Crippen LogP contribution in [-0.4, -0.2) is 22.7 Å². The predicted molar refractivity (Wildman–Crippen MR) is 54.6 cm³/mol. The first-order valence-electron chi connectivity index (χ1n) is 4.76. The summed E-state index contributed by atoms with van der Waals surface area (Å²) in [5, 5.41) is 9.00. The molecule has 1 rings (SSSR count). The topological polar surface area (TPSA) is 40.5 Å². The average Bonchev–Trinajstić information content (AvgIpc) is 2.26. The highest BCUT2D eigenvalue weighted by Gasteiger charge is 2.06. The maximum atomic E-state index is 12.8. The van der Waals surface area contributed by atoms with Gasteiger partial charge in [-0.3, -0.25) is 4.79 Å². The van der Waals surface area contributed by atoms with Gasteiger partial charge in [0.25, 0.3) is 0 Å². The van der Waals surface area contributed by atoms with Gasteiger partial charge in [0, 0.05) is 6.92 Å². The van der Waals surface area contributed by atoms with E-state index < -0.39 is 5.91 Å². The molecule has 0 aliphatic rings. The number of rotatable bonds is 4. The lowest BCUT2D eigenvalue weighted by molar-refractivity contribution is -0.143. The third kappa shape index (κ3) is 3.67. The second-order valence-electron chi connectivity index (χ2n) is 3.33. The molecule has 0 heterocycles. The van der Waals surface area contributed by atoms with Crippen LogP contribution in [0, 0.1) is 0 Å². The first-order valence-corrected chi connectivity index (χ1v) is 4.76. The van der Waals surface area contributed by atoms with E-state index in [0.717, 1.165) is 11.1 Å². The lowest BCUT2D eigenvalue weighted by Gasteiger charge is -2.09. The fourth-order valence-corrected chi connectivity index (χ4v) is 1.20. The first kappa shape index (κ1) is 11.7. The molecule has 0 unspecified atom stereocenters. The van der Waals surface area contributed by atoms with Gasteiger partial charge in [0.1, 0.15) is 0 Å². The molecule has 0 fully saturated rings. The molecule has 1 aromatic rings. The van der Waals surface area contributed by atoms with Crippen molar-refractivity contribution in [3.63, 3.8) is 0 Å². The molecular formula is C11H14FNO2. The van der Waals surface area contributed by atoms with Crippen LogP contribution in [0.25, 0.3) is 0 Å². The number of aliphatic hydroxyl groups is 1.